The van der Waals surface area contributed by atoms with Crippen LogP contribution in [0.3, 0.4) is 0 Å². The number of para-hydroxylation sites is 1. The summed E-state index contributed by atoms with van der Waals surface area (Å²) in [6.07, 6.45) is 1.35. The predicted octanol–water partition coefficient (Wildman–Crippen LogP) is 3.29. The summed E-state index contributed by atoms with van der Waals surface area (Å²) in [6, 6.07) is 8.39. The molecule has 104 valence electrons. The van der Waals surface area contributed by atoms with Crippen LogP contribution in [-0.2, 0) is 4.74 Å². The Hall–Kier alpha value is -2.27. The second-order valence-electron chi connectivity index (χ2n) is 3.86. The summed E-state index contributed by atoms with van der Waals surface area (Å²) < 4.78 is 10.4. The highest BCUT2D eigenvalue weighted by molar-refractivity contribution is 6.32. The van der Waals surface area contributed by atoms with Gasteiger partial charge in [0.1, 0.15) is 5.75 Å². The number of rotatable bonds is 4. The molecule has 0 radical (unpaired) electrons. The molecule has 2 N–H and O–H groups in total. The smallest absolute Gasteiger partial charge is 0.340 e. The molecule has 0 saturated carbocycles. The molecule has 2 aromatic rings. The number of carbonyl (C=O) groups is 1. The van der Waals surface area contributed by atoms with Crippen LogP contribution in [0.25, 0.3) is 0 Å². The molecule has 0 fully saturated rings. The minimum Gasteiger partial charge on any atom is -0.462 e. The van der Waals surface area contributed by atoms with E-state index in [1.54, 1.807) is 31.2 Å². The number of anilines is 1. The summed E-state index contributed by atoms with van der Waals surface area (Å²) in [5.41, 5.74) is 6.14. The Bertz CT molecular complexity index is 632. The van der Waals surface area contributed by atoms with E-state index < -0.39 is 5.97 Å². The van der Waals surface area contributed by atoms with E-state index in [2.05, 4.69) is 4.98 Å². The quantitative estimate of drug-likeness (QED) is 0.875. The summed E-state index contributed by atoms with van der Waals surface area (Å²) in [5, 5.41) is 0.448. The standard InChI is InChI=1S/C14H13ClN2O3/c1-2-19-14(18)9-7-13(17-8-11(9)16)20-12-6-4-3-5-10(12)15/h3-8H,2,16H2,1H3. The molecular weight excluding hydrogens is 280 g/mol. The van der Waals surface area contributed by atoms with Crippen molar-refractivity contribution in [1.82, 2.24) is 4.98 Å². The zero-order valence-corrected chi connectivity index (χ0v) is 11.6. The van der Waals surface area contributed by atoms with Gasteiger partial charge in [0.05, 0.1) is 29.1 Å². The molecule has 0 aliphatic rings. The first-order valence-electron chi connectivity index (χ1n) is 5.97. The van der Waals surface area contributed by atoms with Crippen molar-refractivity contribution in [3.63, 3.8) is 0 Å². The number of ether oxygens (including phenoxy) is 2. The Balaban J connectivity index is 2.28. The number of carbonyl (C=O) groups excluding carboxylic acids is 1. The minimum atomic E-state index is -0.517. The van der Waals surface area contributed by atoms with E-state index >= 15 is 0 Å². The Labute approximate surface area is 121 Å². The van der Waals surface area contributed by atoms with E-state index in [-0.39, 0.29) is 23.7 Å². The number of hydrogen-bond donors (Lipinski definition) is 1. The summed E-state index contributed by atoms with van der Waals surface area (Å²) in [5.74, 6) is 0.146. The second kappa shape index (κ2) is 6.25. The number of aromatic nitrogens is 1. The molecule has 0 amide bonds. The van der Waals surface area contributed by atoms with Crippen LogP contribution in [0.4, 0.5) is 5.69 Å². The normalized spacial score (nSPS) is 10.1. The van der Waals surface area contributed by atoms with Gasteiger partial charge in [0.2, 0.25) is 5.88 Å². The number of pyridine rings is 1. The fourth-order valence-electron chi connectivity index (χ4n) is 1.53. The van der Waals surface area contributed by atoms with Crippen LogP contribution >= 0.6 is 11.6 Å². The van der Waals surface area contributed by atoms with Crippen LogP contribution in [0, 0.1) is 0 Å². The van der Waals surface area contributed by atoms with Crippen molar-refractivity contribution >= 4 is 23.3 Å². The first kappa shape index (κ1) is 14.1. The number of hydrogen-bond acceptors (Lipinski definition) is 5. The van der Waals surface area contributed by atoms with Crippen molar-refractivity contribution < 1.29 is 14.3 Å². The van der Waals surface area contributed by atoms with Gasteiger partial charge in [-0.1, -0.05) is 23.7 Å². The van der Waals surface area contributed by atoms with Gasteiger partial charge in [-0.2, -0.15) is 0 Å². The first-order chi connectivity index (χ1) is 9.61. The van der Waals surface area contributed by atoms with E-state index in [0.29, 0.717) is 10.8 Å². The van der Waals surface area contributed by atoms with Crippen molar-refractivity contribution in [3.05, 3.63) is 47.1 Å². The van der Waals surface area contributed by atoms with Gasteiger partial charge < -0.3 is 15.2 Å². The van der Waals surface area contributed by atoms with Gasteiger partial charge >= 0.3 is 5.97 Å². The maximum atomic E-state index is 11.7. The molecule has 5 nitrogen and oxygen atoms in total. The van der Waals surface area contributed by atoms with Crippen LogP contribution in [0.2, 0.25) is 5.02 Å². The molecule has 0 spiro atoms. The lowest BCUT2D eigenvalue weighted by molar-refractivity contribution is 0.0527. The Morgan fingerprint density at radius 3 is 2.85 bits per heavy atom. The molecule has 2 rings (SSSR count). The molecule has 1 aromatic carbocycles. The number of nitrogens with zero attached hydrogens (tertiary/aromatic N) is 1. The summed E-state index contributed by atoms with van der Waals surface area (Å²) in [6.45, 7) is 1.98. The number of nitrogens with two attached hydrogens (primary N) is 1. The highest BCUT2D eigenvalue weighted by Crippen LogP contribution is 2.29. The van der Waals surface area contributed by atoms with Crippen molar-refractivity contribution in [1.29, 1.82) is 0 Å². The third-order valence-corrected chi connectivity index (χ3v) is 2.77. The first-order valence-corrected chi connectivity index (χ1v) is 6.34. The molecule has 0 aliphatic carbocycles. The van der Waals surface area contributed by atoms with Crippen molar-refractivity contribution in [2.24, 2.45) is 0 Å². The molecule has 20 heavy (non-hydrogen) atoms. The van der Waals surface area contributed by atoms with Crippen molar-refractivity contribution in [2.45, 2.75) is 6.92 Å². The minimum absolute atomic E-state index is 0.212. The van der Waals surface area contributed by atoms with Crippen LogP contribution in [0.5, 0.6) is 11.6 Å². The fraction of sp³-hybridized carbons (Fsp3) is 0.143. The molecule has 0 saturated heterocycles. The number of halogens is 1. The molecule has 1 aromatic heterocycles. The maximum Gasteiger partial charge on any atom is 0.340 e. The Kier molecular flexibility index (Phi) is 4.42. The SMILES string of the molecule is CCOC(=O)c1cc(Oc2ccccc2Cl)ncc1N. The fourth-order valence-corrected chi connectivity index (χ4v) is 1.70. The summed E-state index contributed by atoms with van der Waals surface area (Å²) in [4.78, 5) is 15.7. The highest BCUT2D eigenvalue weighted by Gasteiger charge is 2.14. The van der Waals surface area contributed by atoms with E-state index in [4.69, 9.17) is 26.8 Å². The average Bonchev–Trinajstić information content (AvgIpc) is 2.43. The molecule has 0 aliphatic heterocycles. The number of nitrogen functional groups attached to an aromatic ring is 1. The topological polar surface area (TPSA) is 74.4 Å². The van der Waals surface area contributed by atoms with Gasteiger partial charge in [-0.15, -0.1) is 0 Å². The zero-order valence-electron chi connectivity index (χ0n) is 10.8. The van der Waals surface area contributed by atoms with E-state index in [9.17, 15) is 4.79 Å². The third kappa shape index (κ3) is 3.19. The largest absolute Gasteiger partial charge is 0.462 e. The highest BCUT2D eigenvalue weighted by atomic mass is 35.5. The summed E-state index contributed by atoms with van der Waals surface area (Å²) in [7, 11) is 0. The molecule has 1 heterocycles. The van der Waals surface area contributed by atoms with Crippen LogP contribution in [-0.4, -0.2) is 17.6 Å². The van der Waals surface area contributed by atoms with E-state index in [0.717, 1.165) is 0 Å². The monoisotopic (exact) mass is 292 g/mol. The molecule has 0 atom stereocenters. The summed E-state index contributed by atoms with van der Waals surface area (Å²) >= 11 is 5.99. The third-order valence-electron chi connectivity index (χ3n) is 2.46. The molecule has 0 unspecified atom stereocenters. The van der Waals surface area contributed by atoms with Gasteiger partial charge in [-0.3, -0.25) is 0 Å². The van der Waals surface area contributed by atoms with Gasteiger partial charge in [-0.25, -0.2) is 9.78 Å². The van der Waals surface area contributed by atoms with E-state index in [1.165, 1.54) is 12.3 Å². The van der Waals surface area contributed by atoms with Crippen LogP contribution in [0.15, 0.2) is 36.5 Å². The second-order valence-corrected chi connectivity index (χ2v) is 4.27. The lowest BCUT2D eigenvalue weighted by Crippen LogP contribution is -2.08. The number of benzene rings is 1. The maximum absolute atomic E-state index is 11.7. The average molecular weight is 293 g/mol. The molecule has 0 bridgehead atoms. The van der Waals surface area contributed by atoms with E-state index in [1.807, 2.05) is 0 Å². The Morgan fingerprint density at radius 2 is 2.15 bits per heavy atom. The molecule has 6 heteroatoms. The van der Waals surface area contributed by atoms with Crippen molar-refractivity contribution in [3.8, 4) is 11.6 Å². The van der Waals surface area contributed by atoms with Crippen LogP contribution in [0.1, 0.15) is 17.3 Å². The Morgan fingerprint density at radius 1 is 1.40 bits per heavy atom. The molecular formula is C14H13ClN2O3. The van der Waals surface area contributed by atoms with Crippen molar-refractivity contribution in [2.75, 3.05) is 12.3 Å². The zero-order chi connectivity index (χ0) is 14.5. The number of esters is 1. The lowest BCUT2D eigenvalue weighted by Gasteiger charge is -2.09. The predicted molar refractivity (Wildman–Crippen MR) is 76.1 cm³/mol. The van der Waals surface area contributed by atoms with Gasteiger partial charge in [0, 0.05) is 6.07 Å². The van der Waals surface area contributed by atoms with Crippen LogP contribution < -0.4 is 10.5 Å². The van der Waals surface area contributed by atoms with Gasteiger partial charge in [-0.05, 0) is 19.1 Å². The van der Waals surface area contributed by atoms with Gasteiger partial charge in [0.15, 0.2) is 0 Å². The lowest BCUT2D eigenvalue weighted by atomic mass is 10.2. The van der Waals surface area contributed by atoms with Gasteiger partial charge in [0.25, 0.3) is 0 Å².